The third-order valence-electron chi connectivity index (χ3n) is 1.52. The van der Waals surface area contributed by atoms with Crippen LogP contribution in [0.25, 0.3) is 0 Å². The molecule has 0 radical (unpaired) electrons. The maximum Gasteiger partial charge on any atom is 0.315 e. The predicted molar refractivity (Wildman–Crippen MR) is 46.8 cm³/mol. The Bertz CT molecular complexity index is 401. The number of hydrogen-bond donors (Lipinski definition) is 0. The molecule has 0 aliphatic carbocycles. The molecule has 8 heteroatoms. The number of carbonyl (C=O) groups is 1. The Hall–Kier alpha value is -1.31. The van der Waals surface area contributed by atoms with Gasteiger partial charge in [-0.05, 0) is 0 Å². The molecular weight excluding hydrogens is 250 g/mol. The van der Waals surface area contributed by atoms with Crippen molar-refractivity contribution in [2.24, 2.45) is 0 Å². The highest BCUT2D eigenvalue weighted by Gasteiger charge is 2.21. The van der Waals surface area contributed by atoms with Gasteiger partial charge in [-0.2, -0.15) is 13.8 Å². The van der Waals surface area contributed by atoms with Gasteiger partial charge in [-0.15, -0.1) is 11.8 Å². The number of hydrogen-bond acceptors (Lipinski definition) is 4. The first-order chi connectivity index (χ1) is 7.47. The Morgan fingerprint density at radius 1 is 1.25 bits per heavy atom. The van der Waals surface area contributed by atoms with Crippen LogP contribution in [-0.4, -0.2) is 23.8 Å². The molecule has 0 amide bonds. The Kier molecular flexibility index (Phi) is 4.11. The lowest BCUT2D eigenvalue weighted by molar-refractivity contribution is -0.137. The number of rotatable bonds is 3. The minimum atomic E-state index is -1.76. The highest BCUT2D eigenvalue weighted by atomic mass is 32.2. The van der Waals surface area contributed by atoms with Gasteiger partial charge in [0, 0.05) is 0 Å². The van der Waals surface area contributed by atoms with E-state index in [4.69, 9.17) is 0 Å². The van der Waals surface area contributed by atoms with Crippen molar-refractivity contribution in [2.75, 3.05) is 12.9 Å². The topological polar surface area (TPSA) is 39.2 Å². The van der Waals surface area contributed by atoms with E-state index < -0.39 is 40.1 Å². The van der Waals surface area contributed by atoms with E-state index in [1.807, 2.05) is 0 Å². The normalized spacial score (nSPS) is 10.3. The fourth-order valence-electron chi connectivity index (χ4n) is 0.785. The molecule has 1 rings (SSSR count). The van der Waals surface area contributed by atoms with Crippen molar-refractivity contribution >= 4 is 17.7 Å². The minimum Gasteiger partial charge on any atom is -0.468 e. The maximum absolute atomic E-state index is 13.0. The van der Waals surface area contributed by atoms with Crippen molar-refractivity contribution < 1.29 is 27.1 Å². The summed E-state index contributed by atoms with van der Waals surface area (Å²) < 4.78 is 55.4. The summed E-state index contributed by atoms with van der Waals surface area (Å²) in [5.41, 5.74) is 0. The summed E-state index contributed by atoms with van der Waals surface area (Å²) >= 11 is 0.290. The first-order valence-corrected chi connectivity index (χ1v) is 4.85. The van der Waals surface area contributed by atoms with E-state index in [1.165, 1.54) is 0 Å². The Labute approximate surface area is 91.8 Å². The van der Waals surface area contributed by atoms with Crippen LogP contribution in [0.1, 0.15) is 0 Å². The molecule has 1 aromatic heterocycles. The molecule has 0 aliphatic heterocycles. The molecule has 0 saturated heterocycles. The molecule has 16 heavy (non-hydrogen) atoms. The average Bonchev–Trinajstić information content (AvgIpc) is 2.26. The smallest absolute Gasteiger partial charge is 0.315 e. The van der Waals surface area contributed by atoms with Crippen LogP contribution in [0.3, 0.4) is 0 Å². The van der Waals surface area contributed by atoms with E-state index in [9.17, 15) is 22.4 Å². The minimum absolute atomic E-state index is 0.290. The Morgan fingerprint density at radius 2 is 1.75 bits per heavy atom. The largest absolute Gasteiger partial charge is 0.468 e. The molecular formula is C8H5F4NO2S. The van der Waals surface area contributed by atoms with Crippen LogP contribution in [-0.2, 0) is 9.53 Å². The lowest BCUT2D eigenvalue weighted by Gasteiger charge is -2.04. The Morgan fingerprint density at radius 3 is 2.19 bits per heavy atom. The lowest BCUT2D eigenvalue weighted by atomic mass is 10.4. The first kappa shape index (κ1) is 12.8. The molecule has 0 spiro atoms. The second-order valence-corrected chi connectivity index (χ2v) is 3.50. The first-order valence-electron chi connectivity index (χ1n) is 3.87. The van der Waals surface area contributed by atoms with Crippen LogP contribution in [0, 0.1) is 23.5 Å². The van der Waals surface area contributed by atoms with Crippen molar-refractivity contribution in [3.05, 3.63) is 23.5 Å². The summed E-state index contributed by atoms with van der Waals surface area (Å²) in [5, 5.41) is 0. The summed E-state index contributed by atoms with van der Waals surface area (Å²) in [6.07, 6.45) is 0. The van der Waals surface area contributed by atoms with Gasteiger partial charge in [0.1, 0.15) is 0 Å². The van der Waals surface area contributed by atoms with Crippen LogP contribution in [0.15, 0.2) is 4.90 Å². The van der Waals surface area contributed by atoms with Crippen LogP contribution in [0.2, 0.25) is 0 Å². The molecule has 0 fully saturated rings. The molecule has 0 bridgehead atoms. The number of halogens is 4. The zero-order valence-corrected chi connectivity index (χ0v) is 8.71. The SMILES string of the molecule is COC(=O)CSc1c(F)c(F)nc(F)c1F. The van der Waals surface area contributed by atoms with Gasteiger partial charge >= 0.3 is 5.97 Å². The number of pyridine rings is 1. The van der Waals surface area contributed by atoms with E-state index in [-0.39, 0.29) is 0 Å². The predicted octanol–water partition coefficient (Wildman–Crippen LogP) is 1.90. The van der Waals surface area contributed by atoms with E-state index in [0.717, 1.165) is 7.11 Å². The van der Waals surface area contributed by atoms with Gasteiger partial charge in [-0.25, -0.2) is 8.78 Å². The monoisotopic (exact) mass is 255 g/mol. The molecule has 1 heterocycles. The van der Waals surface area contributed by atoms with Crippen molar-refractivity contribution in [1.82, 2.24) is 4.98 Å². The molecule has 0 saturated carbocycles. The summed E-state index contributed by atoms with van der Waals surface area (Å²) in [6, 6.07) is 0. The highest BCUT2D eigenvalue weighted by Crippen LogP contribution is 2.27. The number of aromatic nitrogens is 1. The van der Waals surface area contributed by atoms with Gasteiger partial charge in [0.25, 0.3) is 11.9 Å². The van der Waals surface area contributed by atoms with Crippen molar-refractivity contribution in [3.63, 3.8) is 0 Å². The van der Waals surface area contributed by atoms with Crippen LogP contribution < -0.4 is 0 Å². The van der Waals surface area contributed by atoms with Crippen LogP contribution in [0.5, 0.6) is 0 Å². The maximum atomic E-state index is 13.0. The van der Waals surface area contributed by atoms with Gasteiger partial charge < -0.3 is 4.74 Å². The van der Waals surface area contributed by atoms with E-state index >= 15 is 0 Å². The third kappa shape index (κ3) is 2.63. The molecule has 0 N–H and O–H groups in total. The molecule has 0 aliphatic rings. The molecule has 0 aromatic carbocycles. The molecule has 0 atom stereocenters. The number of nitrogens with zero attached hydrogens (tertiary/aromatic N) is 1. The number of esters is 1. The van der Waals surface area contributed by atoms with Crippen LogP contribution >= 0.6 is 11.8 Å². The summed E-state index contributed by atoms with van der Waals surface area (Å²) in [5.74, 6) is -8.02. The standard InChI is InChI=1S/C8H5F4NO2S/c1-15-3(14)2-16-6-4(9)7(11)13-8(12)5(6)10/h2H2,1H3. The quantitative estimate of drug-likeness (QED) is 0.358. The zero-order chi connectivity index (χ0) is 12.3. The van der Waals surface area contributed by atoms with E-state index in [1.54, 1.807) is 0 Å². The Balaban J connectivity index is 2.99. The molecule has 0 unspecified atom stereocenters. The van der Waals surface area contributed by atoms with Crippen LogP contribution in [0.4, 0.5) is 17.6 Å². The van der Waals surface area contributed by atoms with Gasteiger partial charge in [-0.3, -0.25) is 4.79 Å². The lowest BCUT2D eigenvalue weighted by Crippen LogP contribution is -2.07. The zero-order valence-electron chi connectivity index (χ0n) is 7.89. The fraction of sp³-hybridized carbons (Fsp3) is 0.250. The second kappa shape index (κ2) is 5.15. The van der Waals surface area contributed by atoms with Gasteiger partial charge in [0.2, 0.25) is 0 Å². The number of ether oxygens (including phenoxy) is 1. The summed E-state index contributed by atoms with van der Waals surface area (Å²) in [6.45, 7) is 0. The van der Waals surface area contributed by atoms with Gasteiger partial charge in [0.05, 0.1) is 17.8 Å². The highest BCUT2D eigenvalue weighted by molar-refractivity contribution is 8.00. The van der Waals surface area contributed by atoms with Crippen molar-refractivity contribution in [1.29, 1.82) is 0 Å². The summed E-state index contributed by atoms with van der Waals surface area (Å²) in [7, 11) is 1.07. The number of carbonyl (C=O) groups excluding carboxylic acids is 1. The third-order valence-corrected chi connectivity index (χ3v) is 2.55. The van der Waals surface area contributed by atoms with Gasteiger partial charge in [-0.1, -0.05) is 0 Å². The fourth-order valence-corrected chi connectivity index (χ4v) is 1.59. The van der Waals surface area contributed by atoms with E-state index in [2.05, 4.69) is 9.72 Å². The number of methoxy groups -OCH3 is 1. The average molecular weight is 255 g/mol. The summed E-state index contributed by atoms with van der Waals surface area (Å²) in [4.78, 5) is 12.1. The molecule has 3 nitrogen and oxygen atoms in total. The van der Waals surface area contributed by atoms with Gasteiger partial charge in [0.15, 0.2) is 11.6 Å². The molecule has 1 aromatic rings. The van der Waals surface area contributed by atoms with Crippen molar-refractivity contribution in [3.8, 4) is 0 Å². The van der Waals surface area contributed by atoms with Crippen molar-refractivity contribution in [2.45, 2.75) is 4.90 Å². The second-order valence-electron chi connectivity index (χ2n) is 2.52. The number of thioether (sulfide) groups is 1. The van der Waals surface area contributed by atoms with E-state index in [0.29, 0.717) is 11.8 Å². The molecule has 88 valence electrons.